The molecule has 1 aliphatic rings. The van der Waals surface area contributed by atoms with Gasteiger partial charge in [0.25, 0.3) is 0 Å². The van der Waals surface area contributed by atoms with E-state index < -0.39 is 5.97 Å². The van der Waals surface area contributed by atoms with E-state index >= 15 is 0 Å². The van der Waals surface area contributed by atoms with E-state index in [2.05, 4.69) is 12.6 Å². The monoisotopic (exact) mass is 265 g/mol. The molecule has 1 atom stereocenters. The van der Waals surface area contributed by atoms with Gasteiger partial charge >= 0.3 is 5.97 Å². The minimum Gasteiger partial charge on any atom is -0.480 e. The van der Waals surface area contributed by atoms with Crippen LogP contribution in [-0.4, -0.2) is 29.3 Å². The van der Waals surface area contributed by atoms with Gasteiger partial charge in [-0.3, -0.25) is 9.59 Å². The van der Waals surface area contributed by atoms with E-state index in [1.807, 2.05) is 18.2 Å². The van der Waals surface area contributed by atoms with Crippen molar-refractivity contribution in [2.75, 3.05) is 17.2 Å². The number of rotatable bonds is 3. The quantitative estimate of drug-likeness (QED) is 0.816. The van der Waals surface area contributed by atoms with Crippen LogP contribution in [0.25, 0.3) is 0 Å². The Hall–Kier alpha value is -1.49. The van der Waals surface area contributed by atoms with Crippen LogP contribution in [0, 0.1) is 5.92 Å². The van der Waals surface area contributed by atoms with Crippen LogP contribution in [0.2, 0.25) is 0 Å². The number of fused-ring (bicyclic) bond motifs is 1. The Kier molecular flexibility index (Phi) is 3.91. The largest absolute Gasteiger partial charge is 0.480 e. The molecule has 0 unspecified atom stereocenters. The molecule has 1 N–H and O–H groups in total. The number of hydrogen-bond acceptors (Lipinski definition) is 3. The molecule has 1 aromatic rings. The number of carboxylic acids is 1. The Morgan fingerprint density at radius 2 is 2.17 bits per heavy atom. The van der Waals surface area contributed by atoms with Crippen molar-refractivity contribution in [3.63, 3.8) is 0 Å². The molecule has 0 saturated carbocycles. The summed E-state index contributed by atoms with van der Waals surface area (Å²) in [5.74, 6) is -0.904. The van der Waals surface area contributed by atoms with Gasteiger partial charge in [-0.1, -0.05) is 18.2 Å². The summed E-state index contributed by atoms with van der Waals surface area (Å²) in [6, 6.07) is 7.47. The highest BCUT2D eigenvalue weighted by Gasteiger charge is 2.30. The number of aryl methyl sites for hydroxylation is 1. The Morgan fingerprint density at radius 1 is 1.44 bits per heavy atom. The maximum absolute atomic E-state index is 12.3. The van der Waals surface area contributed by atoms with Gasteiger partial charge in [0.05, 0.1) is 0 Å². The van der Waals surface area contributed by atoms with E-state index in [1.165, 1.54) is 4.90 Å². The molecule has 0 saturated heterocycles. The molecular weight excluding hydrogens is 250 g/mol. The highest BCUT2D eigenvalue weighted by molar-refractivity contribution is 7.80. The van der Waals surface area contributed by atoms with Crippen molar-refractivity contribution in [2.45, 2.75) is 12.8 Å². The van der Waals surface area contributed by atoms with Gasteiger partial charge < -0.3 is 10.0 Å². The van der Waals surface area contributed by atoms with E-state index in [0.717, 1.165) is 18.4 Å². The lowest BCUT2D eigenvalue weighted by Crippen LogP contribution is -2.39. The number of anilines is 1. The molecule has 96 valence electrons. The fourth-order valence-corrected chi connectivity index (χ4v) is 2.58. The topological polar surface area (TPSA) is 57.6 Å². The molecule has 18 heavy (non-hydrogen) atoms. The van der Waals surface area contributed by atoms with Gasteiger partial charge in [0.1, 0.15) is 6.54 Å². The SMILES string of the molecule is O=C(O)CN1C(=O)[C@H](CS)CCc2ccccc21. The average molecular weight is 265 g/mol. The van der Waals surface area contributed by atoms with Crippen LogP contribution in [-0.2, 0) is 16.0 Å². The fraction of sp³-hybridized carbons (Fsp3) is 0.385. The molecule has 1 heterocycles. The zero-order chi connectivity index (χ0) is 13.1. The smallest absolute Gasteiger partial charge is 0.323 e. The summed E-state index contributed by atoms with van der Waals surface area (Å²) in [7, 11) is 0. The molecule has 5 heteroatoms. The molecule has 0 radical (unpaired) electrons. The van der Waals surface area contributed by atoms with Crippen molar-refractivity contribution >= 4 is 30.2 Å². The normalized spacial score (nSPS) is 19.3. The number of carbonyl (C=O) groups excluding carboxylic acids is 1. The first-order valence-electron chi connectivity index (χ1n) is 5.85. The number of hydrogen-bond donors (Lipinski definition) is 2. The minimum atomic E-state index is -1.00. The van der Waals surface area contributed by atoms with Crippen LogP contribution >= 0.6 is 12.6 Å². The lowest BCUT2D eigenvalue weighted by atomic mass is 10.0. The van der Waals surface area contributed by atoms with Crippen LogP contribution in [0.15, 0.2) is 24.3 Å². The lowest BCUT2D eigenvalue weighted by Gasteiger charge is -2.23. The lowest BCUT2D eigenvalue weighted by molar-refractivity contribution is -0.137. The standard InChI is InChI=1S/C13H15NO3S/c15-12(16)7-14-11-4-2-1-3-9(11)5-6-10(8-18)13(14)17/h1-4,10,18H,5-8H2,(H,15,16)/t10-/m0/s1. The molecule has 0 bridgehead atoms. The van der Waals surface area contributed by atoms with Gasteiger partial charge in [-0.25, -0.2) is 0 Å². The van der Waals surface area contributed by atoms with Gasteiger partial charge in [0, 0.05) is 17.4 Å². The zero-order valence-corrected chi connectivity index (χ0v) is 10.8. The second-order valence-electron chi connectivity index (χ2n) is 4.37. The molecule has 1 amide bonds. The summed E-state index contributed by atoms with van der Waals surface area (Å²) in [5, 5.41) is 8.95. The Bertz CT molecular complexity index is 475. The van der Waals surface area contributed by atoms with Gasteiger partial charge in [-0.15, -0.1) is 0 Å². The minimum absolute atomic E-state index is 0.141. The van der Waals surface area contributed by atoms with E-state index in [4.69, 9.17) is 5.11 Å². The van der Waals surface area contributed by atoms with Gasteiger partial charge in [0.2, 0.25) is 5.91 Å². The third kappa shape index (κ3) is 2.51. The number of amides is 1. The first-order valence-corrected chi connectivity index (χ1v) is 6.48. The number of thiol groups is 1. The molecule has 1 aromatic carbocycles. The highest BCUT2D eigenvalue weighted by atomic mass is 32.1. The summed E-state index contributed by atoms with van der Waals surface area (Å²) in [6.45, 7) is -0.292. The Balaban J connectivity index is 2.41. The van der Waals surface area contributed by atoms with E-state index in [-0.39, 0.29) is 18.4 Å². The molecule has 0 aliphatic carbocycles. The first-order chi connectivity index (χ1) is 8.63. The van der Waals surface area contributed by atoms with Crippen molar-refractivity contribution in [1.29, 1.82) is 0 Å². The average Bonchev–Trinajstić information content (AvgIpc) is 2.48. The molecule has 0 fully saturated rings. The zero-order valence-electron chi connectivity index (χ0n) is 9.87. The third-order valence-corrected chi connectivity index (χ3v) is 3.61. The Labute approximate surface area is 111 Å². The highest BCUT2D eigenvalue weighted by Crippen LogP contribution is 2.29. The van der Waals surface area contributed by atoms with E-state index in [1.54, 1.807) is 6.07 Å². The summed E-state index contributed by atoms with van der Waals surface area (Å²) < 4.78 is 0. The summed E-state index contributed by atoms with van der Waals surface area (Å²) in [4.78, 5) is 24.6. The van der Waals surface area contributed by atoms with Crippen molar-refractivity contribution in [3.05, 3.63) is 29.8 Å². The molecule has 1 aliphatic heterocycles. The number of aliphatic carboxylic acids is 1. The predicted octanol–water partition coefficient (Wildman–Crippen LogP) is 1.60. The third-order valence-electron chi connectivity index (χ3n) is 3.17. The maximum atomic E-state index is 12.3. The van der Waals surface area contributed by atoms with Crippen molar-refractivity contribution in [3.8, 4) is 0 Å². The number of nitrogens with zero attached hydrogens (tertiary/aromatic N) is 1. The second-order valence-corrected chi connectivity index (χ2v) is 4.73. The van der Waals surface area contributed by atoms with Crippen molar-refractivity contribution < 1.29 is 14.7 Å². The van der Waals surface area contributed by atoms with Gasteiger partial charge in [-0.05, 0) is 24.5 Å². The van der Waals surface area contributed by atoms with Crippen molar-refractivity contribution in [1.82, 2.24) is 0 Å². The first kappa shape index (κ1) is 13.0. The van der Waals surface area contributed by atoms with Crippen molar-refractivity contribution in [2.24, 2.45) is 5.92 Å². The summed E-state index contributed by atoms with van der Waals surface area (Å²) in [5.41, 5.74) is 1.74. The maximum Gasteiger partial charge on any atom is 0.323 e. The van der Waals surface area contributed by atoms with Crippen LogP contribution in [0.4, 0.5) is 5.69 Å². The summed E-state index contributed by atoms with van der Waals surface area (Å²) >= 11 is 4.19. The Morgan fingerprint density at radius 3 is 2.83 bits per heavy atom. The van der Waals surface area contributed by atoms with Crippen LogP contribution in [0.5, 0.6) is 0 Å². The second kappa shape index (κ2) is 5.44. The fourth-order valence-electron chi connectivity index (χ4n) is 2.25. The van der Waals surface area contributed by atoms with Gasteiger partial charge in [-0.2, -0.15) is 12.6 Å². The molecular formula is C13H15NO3S. The van der Waals surface area contributed by atoms with E-state index in [0.29, 0.717) is 11.4 Å². The molecule has 0 spiro atoms. The van der Waals surface area contributed by atoms with Gasteiger partial charge in [0.15, 0.2) is 0 Å². The number of carboxylic acid groups (broad SMARTS) is 1. The van der Waals surface area contributed by atoms with E-state index in [9.17, 15) is 9.59 Å². The molecule has 0 aromatic heterocycles. The number of benzene rings is 1. The van der Waals surface area contributed by atoms with Crippen LogP contribution in [0.3, 0.4) is 0 Å². The van der Waals surface area contributed by atoms with Crippen LogP contribution < -0.4 is 4.90 Å². The predicted molar refractivity (Wildman–Crippen MR) is 72.1 cm³/mol. The number of para-hydroxylation sites is 1. The van der Waals surface area contributed by atoms with Crippen LogP contribution in [0.1, 0.15) is 12.0 Å². The summed E-state index contributed by atoms with van der Waals surface area (Å²) in [6.07, 6.45) is 1.50. The molecule has 4 nitrogen and oxygen atoms in total. The molecule has 2 rings (SSSR count). The number of carbonyl (C=O) groups is 2.